The third-order valence-corrected chi connectivity index (χ3v) is 4.59. The van der Waals surface area contributed by atoms with E-state index >= 15 is 0 Å². The highest BCUT2D eigenvalue weighted by atomic mass is 79.9. The van der Waals surface area contributed by atoms with Crippen LogP contribution < -0.4 is 0 Å². The van der Waals surface area contributed by atoms with Crippen LogP contribution in [0.3, 0.4) is 0 Å². The molecular formula is C15H16BrNOS. The van der Waals surface area contributed by atoms with E-state index in [1.165, 1.54) is 4.88 Å². The topological polar surface area (TPSA) is 20.3 Å². The number of aryl methyl sites for hydroxylation is 1. The number of benzene rings is 1. The fourth-order valence-electron chi connectivity index (χ4n) is 1.97. The van der Waals surface area contributed by atoms with Crippen LogP contribution in [0.2, 0.25) is 0 Å². The Morgan fingerprint density at radius 2 is 2.11 bits per heavy atom. The van der Waals surface area contributed by atoms with E-state index in [0.717, 1.165) is 22.1 Å². The Kier molecular flexibility index (Phi) is 4.91. The first kappa shape index (κ1) is 14.4. The van der Waals surface area contributed by atoms with Gasteiger partial charge in [-0.3, -0.25) is 9.69 Å². The maximum atomic E-state index is 12.2. The second-order valence-corrected chi connectivity index (χ2v) is 6.55. The Bertz CT molecular complexity index is 579. The van der Waals surface area contributed by atoms with Gasteiger partial charge in [0.2, 0.25) is 0 Å². The van der Waals surface area contributed by atoms with E-state index in [1.54, 1.807) is 11.3 Å². The normalized spacial score (nSPS) is 10.9. The van der Waals surface area contributed by atoms with Crippen molar-refractivity contribution in [3.05, 3.63) is 56.2 Å². The number of halogens is 1. The van der Waals surface area contributed by atoms with Crippen molar-refractivity contribution in [2.75, 3.05) is 13.6 Å². The molecule has 0 atom stereocenters. The summed E-state index contributed by atoms with van der Waals surface area (Å²) in [4.78, 5) is 15.5. The second-order valence-electron chi connectivity index (χ2n) is 4.64. The summed E-state index contributed by atoms with van der Waals surface area (Å²) in [6, 6.07) is 9.84. The number of likely N-dealkylation sites (N-methyl/N-ethyl adjacent to an activating group) is 1. The molecule has 19 heavy (non-hydrogen) atoms. The lowest BCUT2D eigenvalue weighted by Gasteiger charge is -2.15. The van der Waals surface area contributed by atoms with Gasteiger partial charge < -0.3 is 0 Å². The molecule has 4 heteroatoms. The van der Waals surface area contributed by atoms with E-state index in [0.29, 0.717) is 6.54 Å². The summed E-state index contributed by atoms with van der Waals surface area (Å²) in [5, 5.41) is 2.06. The van der Waals surface area contributed by atoms with E-state index < -0.39 is 0 Å². The van der Waals surface area contributed by atoms with Gasteiger partial charge in [-0.25, -0.2) is 0 Å². The van der Waals surface area contributed by atoms with Crippen LogP contribution in [-0.4, -0.2) is 24.3 Å². The predicted octanol–water partition coefficient (Wildman–Crippen LogP) is 4.13. The Hall–Kier alpha value is -0.970. The highest BCUT2D eigenvalue weighted by Crippen LogP contribution is 2.21. The molecule has 2 nitrogen and oxygen atoms in total. The predicted molar refractivity (Wildman–Crippen MR) is 83.9 cm³/mol. The molecule has 0 aliphatic carbocycles. The Morgan fingerprint density at radius 1 is 1.37 bits per heavy atom. The SMILES string of the molecule is Cc1ccccc1C(=O)CN(C)Cc1cc(Br)cs1. The molecule has 0 unspecified atom stereocenters. The average Bonchev–Trinajstić information content (AvgIpc) is 2.74. The minimum absolute atomic E-state index is 0.177. The number of carbonyl (C=O) groups is 1. The standard InChI is InChI=1S/C15H16BrNOS/c1-11-5-3-4-6-14(11)15(18)9-17(2)8-13-7-12(16)10-19-13/h3-7,10H,8-9H2,1-2H3. The Morgan fingerprint density at radius 3 is 2.74 bits per heavy atom. The van der Waals surface area contributed by atoms with Crippen molar-refractivity contribution in [1.82, 2.24) is 4.90 Å². The summed E-state index contributed by atoms with van der Waals surface area (Å²) in [5.41, 5.74) is 1.86. The lowest BCUT2D eigenvalue weighted by atomic mass is 10.0. The average molecular weight is 338 g/mol. The molecule has 0 aliphatic rings. The van der Waals surface area contributed by atoms with Crippen LogP contribution >= 0.6 is 27.3 Å². The minimum atomic E-state index is 0.177. The van der Waals surface area contributed by atoms with Gasteiger partial charge in [0.15, 0.2) is 5.78 Å². The molecular weight excluding hydrogens is 322 g/mol. The maximum absolute atomic E-state index is 12.2. The van der Waals surface area contributed by atoms with Gasteiger partial charge in [-0.05, 0) is 41.5 Å². The van der Waals surface area contributed by atoms with Crippen LogP contribution in [0.4, 0.5) is 0 Å². The summed E-state index contributed by atoms with van der Waals surface area (Å²) in [5.74, 6) is 0.177. The molecule has 0 amide bonds. The Labute approximate surface area is 126 Å². The molecule has 0 fully saturated rings. The number of hydrogen-bond acceptors (Lipinski definition) is 3. The lowest BCUT2D eigenvalue weighted by Crippen LogP contribution is -2.25. The number of Topliss-reactive ketones (excluding diaryl/α,β-unsaturated/α-hetero) is 1. The van der Waals surface area contributed by atoms with Crippen molar-refractivity contribution in [3.63, 3.8) is 0 Å². The molecule has 0 radical (unpaired) electrons. The first-order valence-electron chi connectivity index (χ1n) is 6.06. The summed E-state index contributed by atoms with van der Waals surface area (Å²) in [7, 11) is 1.98. The fourth-order valence-corrected chi connectivity index (χ4v) is 3.50. The lowest BCUT2D eigenvalue weighted by molar-refractivity contribution is 0.0943. The number of ketones is 1. The molecule has 1 aromatic carbocycles. The van der Waals surface area contributed by atoms with Gasteiger partial charge >= 0.3 is 0 Å². The molecule has 0 saturated heterocycles. The van der Waals surface area contributed by atoms with Gasteiger partial charge in [0.1, 0.15) is 0 Å². The fraction of sp³-hybridized carbons (Fsp3) is 0.267. The second kappa shape index (κ2) is 6.46. The molecule has 0 aliphatic heterocycles. The number of carbonyl (C=O) groups excluding carboxylic acids is 1. The van der Waals surface area contributed by atoms with Crippen molar-refractivity contribution < 1.29 is 4.79 Å². The molecule has 0 N–H and O–H groups in total. The first-order chi connectivity index (χ1) is 9.06. The van der Waals surface area contributed by atoms with Crippen molar-refractivity contribution in [1.29, 1.82) is 0 Å². The van der Waals surface area contributed by atoms with Crippen molar-refractivity contribution in [2.45, 2.75) is 13.5 Å². The minimum Gasteiger partial charge on any atom is -0.294 e. The van der Waals surface area contributed by atoms with Crippen LogP contribution in [0.5, 0.6) is 0 Å². The summed E-state index contributed by atoms with van der Waals surface area (Å²) < 4.78 is 1.10. The van der Waals surface area contributed by atoms with Gasteiger partial charge in [-0.2, -0.15) is 0 Å². The Balaban J connectivity index is 1.97. The van der Waals surface area contributed by atoms with E-state index in [9.17, 15) is 4.79 Å². The molecule has 2 rings (SSSR count). The number of nitrogens with zero attached hydrogens (tertiary/aromatic N) is 1. The monoisotopic (exact) mass is 337 g/mol. The van der Waals surface area contributed by atoms with Gasteiger partial charge in [0.05, 0.1) is 6.54 Å². The smallest absolute Gasteiger partial charge is 0.177 e. The third kappa shape index (κ3) is 4.00. The van der Waals surface area contributed by atoms with Crippen LogP contribution in [0, 0.1) is 6.92 Å². The van der Waals surface area contributed by atoms with Crippen molar-refractivity contribution >= 4 is 33.0 Å². The van der Waals surface area contributed by atoms with Crippen LogP contribution in [0.25, 0.3) is 0 Å². The van der Waals surface area contributed by atoms with Crippen molar-refractivity contribution in [2.24, 2.45) is 0 Å². The zero-order valence-electron chi connectivity index (χ0n) is 11.0. The summed E-state index contributed by atoms with van der Waals surface area (Å²) >= 11 is 5.15. The first-order valence-corrected chi connectivity index (χ1v) is 7.74. The number of thiophene rings is 1. The number of hydrogen-bond donors (Lipinski definition) is 0. The van der Waals surface area contributed by atoms with E-state index in [1.807, 2.05) is 43.1 Å². The molecule has 100 valence electrons. The highest BCUT2D eigenvalue weighted by Gasteiger charge is 2.12. The molecule has 0 saturated carbocycles. The van der Waals surface area contributed by atoms with Gasteiger partial charge in [-0.15, -0.1) is 11.3 Å². The highest BCUT2D eigenvalue weighted by molar-refractivity contribution is 9.10. The molecule has 1 heterocycles. The van der Waals surface area contributed by atoms with Crippen LogP contribution in [0.1, 0.15) is 20.8 Å². The van der Waals surface area contributed by atoms with Crippen LogP contribution in [0.15, 0.2) is 40.2 Å². The van der Waals surface area contributed by atoms with Gasteiger partial charge in [-0.1, -0.05) is 24.3 Å². The zero-order valence-corrected chi connectivity index (χ0v) is 13.4. The third-order valence-electron chi connectivity index (χ3n) is 2.91. The molecule has 2 aromatic rings. The van der Waals surface area contributed by atoms with E-state index in [2.05, 4.69) is 27.4 Å². The molecule has 0 bridgehead atoms. The van der Waals surface area contributed by atoms with Gasteiger partial charge in [0, 0.05) is 26.8 Å². The zero-order chi connectivity index (χ0) is 13.8. The van der Waals surface area contributed by atoms with E-state index in [4.69, 9.17) is 0 Å². The molecule has 0 spiro atoms. The maximum Gasteiger partial charge on any atom is 0.177 e. The molecule has 1 aromatic heterocycles. The largest absolute Gasteiger partial charge is 0.294 e. The quantitative estimate of drug-likeness (QED) is 0.764. The number of rotatable bonds is 5. The summed E-state index contributed by atoms with van der Waals surface area (Å²) in [6.07, 6.45) is 0. The van der Waals surface area contributed by atoms with Crippen molar-refractivity contribution in [3.8, 4) is 0 Å². The van der Waals surface area contributed by atoms with E-state index in [-0.39, 0.29) is 5.78 Å². The van der Waals surface area contributed by atoms with Crippen LogP contribution in [-0.2, 0) is 6.54 Å². The van der Waals surface area contributed by atoms with Gasteiger partial charge in [0.25, 0.3) is 0 Å². The summed E-state index contributed by atoms with van der Waals surface area (Å²) in [6.45, 7) is 3.22.